The first kappa shape index (κ1) is 55.7. The number of benzene rings is 5. The van der Waals surface area contributed by atoms with Crippen molar-refractivity contribution in [3.63, 3.8) is 0 Å². The third kappa shape index (κ3) is 11.0. The van der Waals surface area contributed by atoms with Crippen LogP contribution in [0.4, 0.5) is 4.39 Å². The van der Waals surface area contributed by atoms with Gasteiger partial charge in [-0.15, -0.1) is 22.0 Å². The Balaban J connectivity index is 0.000000211. The average molecular weight is 1100 g/mol. The highest BCUT2D eigenvalue weighted by molar-refractivity contribution is 8.01. The monoisotopic (exact) mass is 1100 g/mol. The minimum atomic E-state index is -1.27. The molecule has 4 atom stereocenters. The largest absolute Gasteiger partial charge is 0.501 e. The first-order valence-corrected chi connectivity index (χ1v) is 26.4. The molecule has 0 bridgehead atoms. The summed E-state index contributed by atoms with van der Waals surface area (Å²) in [4.78, 5) is 100.0. The van der Waals surface area contributed by atoms with Crippen molar-refractivity contribution in [3.05, 3.63) is 225 Å². The average Bonchev–Trinajstić information content (AvgIpc) is 4.19. The van der Waals surface area contributed by atoms with Crippen LogP contribution in [0.5, 0.6) is 5.75 Å². The molecule has 0 radical (unpaired) electrons. The molecule has 2 aromatic heterocycles. The van der Waals surface area contributed by atoms with E-state index in [-0.39, 0.29) is 54.4 Å². The second-order valence-corrected chi connectivity index (χ2v) is 22.2. The Kier molecular flexibility index (Phi) is 15.8. The Morgan fingerprint density at radius 3 is 2.00 bits per heavy atom. The number of aromatic nitrogens is 4. The van der Waals surface area contributed by atoms with E-state index in [1.165, 1.54) is 50.0 Å². The first-order valence-electron chi connectivity index (χ1n) is 25.5. The van der Waals surface area contributed by atoms with E-state index in [1.54, 1.807) is 49.1 Å². The molecule has 10 rings (SSSR count). The summed E-state index contributed by atoms with van der Waals surface area (Å²) in [6.45, 7) is 8.53. The molecule has 2 saturated heterocycles. The lowest BCUT2D eigenvalue weighted by atomic mass is 9.64. The number of halogens is 1. The molecule has 1 spiro atoms. The van der Waals surface area contributed by atoms with E-state index in [0.29, 0.717) is 11.1 Å². The summed E-state index contributed by atoms with van der Waals surface area (Å²) in [5.74, 6) is -5.73. The van der Waals surface area contributed by atoms with Crippen molar-refractivity contribution in [2.45, 2.75) is 82.0 Å². The standard InChI is InChI=1S/C40H35NO6S.C20H21FN6O5/c1-39(2)34(36(44)47-33(28-19-11-5-12-20-28)29-21-13-6-14-22-29)41-37(45)40(38(41)48-39)24-23-30(31(40)32(42)27-17-9-4-10-18-27)35(43)46-25-26-15-7-3-8-16-26;1-10-25-26-17(32-10)16(30)24-20(2,3)19-23-13(14(28)18(31)27(19)4)15(29)22-9-11-5-7-12(21)8-6-11/h3-23,31,33-34,38H,24-25H2,1-2H3;5-8,28H,9H2,1-4H3,(H,22,29)(H,24,30)/t31-,34+,38-,40+;/m1./s1. The summed E-state index contributed by atoms with van der Waals surface area (Å²) < 4.78 is 30.4. The highest BCUT2D eigenvalue weighted by atomic mass is 32.2. The van der Waals surface area contributed by atoms with E-state index >= 15 is 0 Å². The Morgan fingerprint density at radius 2 is 1.41 bits per heavy atom. The normalized spacial score (nSPS) is 18.8. The fraction of sp³-hybridized carbons (Fsp3) is 0.267. The van der Waals surface area contributed by atoms with Crippen LogP contribution in [0, 0.1) is 24.1 Å². The van der Waals surface area contributed by atoms with Crippen LogP contribution in [0.15, 0.2) is 166 Å². The number of hydrogen-bond acceptors (Lipinski definition) is 15. The molecular weight excluding hydrogens is 1050 g/mol. The number of fused-ring (bicyclic) bond motifs is 2. The maximum absolute atomic E-state index is 14.6. The van der Waals surface area contributed by atoms with Gasteiger partial charge in [-0.1, -0.05) is 140 Å². The number of nitrogens with zero attached hydrogens (tertiary/aromatic N) is 5. The fourth-order valence-electron chi connectivity index (χ4n) is 10.3. The maximum Gasteiger partial charge on any atom is 0.334 e. The molecule has 20 heteroatoms. The van der Waals surface area contributed by atoms with Gasteiger partial charge < -0.3 is 34.5 Å². The van der Waals surface area contributed by atoms with Crippen molar-refractivity contribution in [1.29, 1.82) is 0 Å². The van der Waals surface area contributed by atoms with Crippen LogP contribution in [0.25, 0.3) is 0 Å². The van der Waals surface area contributed by atoms with E-state index in [1.807, 2.05) is 111 Å². The number of carbonyl (C=O) groups is 6. The van der Waals surface area contributed by atoms with Gasteiger partial charge in [0.15, 0.2) is 17.6 Å². The van der Waals surface area contributed by atoms with Gasteiger partial charge >= 0.3 is 23.7 Å². The SMILES string of the molecule is CC1(C)S[C@H]2N(C(=O)[C@@]23CC=C(C(=O)OCc2ccccc2)[C@@H]3C(=O)c2ccccc2)[C@H]1C(=O)OC(c1ccccc1)c1ccccc1.Cc1nnc(C(=O)NC(C)(C)c2nc(C(=O)NCc3ccc(F)cc3)c(O)c(=O)n2C)o1. The van der Waals surface area contributed by atoms with Crippen molar-refractivity contribution in [2.24, 2.45) is 18.4 Å². The Morgan fingerprint density at radius 1 is 0.825 bits per heavy atom. The Bertz CT molecular complexity index is 3540. The molecule has 18 nitrogen and oxygen atoms in total. The van der Waals surface area contributed by atoms with Crippen molar-refractivity contribution in [2.75, 3.05) is 0 Å². The second-order valence-electron chi connectivity index (χ2n) is 20.5. The third-order valence-corrected chi connectivity index (χ3v) is 15.9. The van der Waals surface area contributed by atoms with Gasteiger partial charge in [0.1, 0.15) is 24.3 Å². The number of ketones is 1. The number of ether oxygens (including phenoxy) is 2. The van der Waals surface area contributed by atoms with Gasteiger partial charge in [-0.3, -0.25) is 28.5 Å². The molecule has 4 heterocycles. The van der Waals surface area contributed by atoms with Crippen molar-refractivity contribution >= 4 is 47.2 Å². The lowest BCUT2D eigenvalue weighted by Gasteiger charge is -2.54. The molecule has 2 aliphatic heterocycles. The number of thioether (sulfide) groups is 1. The topological polar surface area (TPSA) is 242 Å². The van der Waals surface area contributed by atoms with Crippen LogP contribution in [0.2, 0.25) is 0 Å². The predicted molar refractivity (Wildman–Crippen MR) is 291 cm³/mol. The molecule has 3 N–H and O–H groups in total. The number of esters is 2. The molecule has 3 amide bonds. The van der Waals surface area contributed by atoms with Crippen LogP contribution in [0.1, 0.15) is 106 Å². The number of rotatable bonds is 15. The number of β-lactam (4-membered cyclic amide) rings is 1. The Hall–Kier alpha value is -9.04. The number of nitrogens with one attached hydrogen (secondary N) is 2. The lowest BCUT2D eigenvalue weighted by Crippen LogP contribution is -2.71. The molecule has 0 saturated carbocycles. The number of hydrogen-bond donors (Lipinski definition) is 3. The third-order valence-electron chi connectivity index (χ3n) is 14.1. The maximum atomic E-state index is 14.6. The zero-order chi connectivity index (χ0) is 57.1. The fourth-order valence-corrected chi connectivity index (χ4v) is 12.0. The number of aryl methyl sites for hydroxylation is 1. The molecule has 2 fully saturated rings. The highest BCUT2D eigenvalue weighted by Crippen LogP contribution is 2.66. The van der Waals surface area contributed by atoms with E-state index in [0.717, 1.165) is 21.3 Å². The van der Waals surface area contributed by atoms with Gasteiger partial charge in [0, 0.05) is 36.4 Å². The second kappa shape index (κ2) is 22.7. The number of carbonyl (C=O) groups excluding carboxylic acids is 6. The summed E-state index contributed by atoms with van der Waals surface area (Å²) in [6, 6.07) is 41.6. The molecule has 0 unspecified atom stereocenters. The minimum absolute atomic E-state index is 0.00294. The van der Waals surface area contributed by atoms with Gasteiger partial charge in [0.05, 0.1) is 22.2 Å². The van der Waals surface area contributed by atoms with Crippen LogP contribution < -0.4 is 16.2 Å². The van der Waals surface area contributed by atoms with Gasteiger partial charge in [0.25, 0.3) is 11.5 Å². The highest BCUT2D eigenvalue weighted by Gasteiger charge is 2.76. The zero-order valence-corrected chi connectivity index (χ0v) is 45.2. The molecule has 80 heavy (non-hydrogen) atoms. The number of allylic oxidation sites excluding steroid dienone is 1. The van der Waals surface area contributed by atoms with Crippen LogP contribution in [-0.2, 0) is 49.6 Å². The van der Waals surface area contributed by atoms with Crippen LogP contribution >= 0.6 is 11.8 Å². The number of amides is 3. The van der Waals surface area contributed by atoms with Gasteiger partial charge in [-0.25, -0.2) is 19.0 Å². The van der Waals surface area contributed by atoms with Crippen molar-refractivity contribution < 1.29 is 52.2 Å². The summed E-state index contributed by atoms with van der Waals surface area (Å²) in [5.41, 5.74) is -0.254. The molecule has 3 aliphatic rings. The van der Waals surface area contributed by atoms with E-state index in [9.17, 15) is 43.1 Å². The minimum Gasteiger partial charge on any atom is -0.501 e. The van der Waals surface area contributed by atoms with Crippen LogP contribution in [-0.4, -0.2) is 81.4 Å². The quantitative estimate of drug-likeness (QED) is 0.0503. The molecular formula is C60H56FN7O11S. The number of aromatic hydroxyl groups is 1. The smallest absolute Gasteiger partial charge is 0.334 e. The van der Waals surface area contributed by atoms with Crippen molar-refractivity contribution in [1.82, 2.24) is 35.3 Å². The molecule has 7 aromatic rings. The van der Waals surface area contributed by atoms with Crippen LogP contribution in [0.3, 0.4) is 0 Å². The van der Waals surface area contributed by atoms with Gasteiger partial charge in [-0.05, 0) is 68.5 Å². The first-order chi connectivity index (χ1) is 38.2. The van der Waals surface area contributed by atoms with E-state index in [2.05, 4.69) is 25.8 Å². The van der Waals surface area contributed by atoms with E-state index in [4.69, 9.17) is 13.9 Å². The van der Waals surface area contributed by atoms with Gasteiger partial charge in [0.2, 0.25) is 17.5 Å². The number of Topliss-reactive ketones (excluding diaryl/α,β-unsaturated/α-hetero) is 1. The summed E-state index contributed by atoms with van der Waals surface area (Å²) in [5, 5.41) is 22.0. The Labute approximate surface area is 463 Å². The van der Waals surface area contributed by atoms with Gasteiger partial charge in [-0.2, -0.15) is 0 Å². The molecule has 410 valence electrons. The van der Waals surface area contributed by atoms with E-state index < -0.39 is 85.7 Å². The van der Waals surface area contributed by atoms with Crippen molar-refractivity contribution in [3.8, 4) is 5.75 Å². The zero-order valence-electron chi connectivity index (χ0n) is 44.4. The summed E-state index contributed by atoms with van der Waals surface area (Å²) in [6.07, 6.45) is 1.21. The summed E-state index contributed by atoms with van der Waals surface area (Å²) >= 11 is 1.48. The summed E-state index contributed by atoms with van der Waals surface area (Å²) in [7, 11) is 1.34. The molecule has 1 aliphatic carbocycles. The predicted octanol–water partition coefficient (Wildman–Crippen LogP) is 7.85. The molecule has 5 aromatic carbocycles. The lowest BCUT2D eigenvalue weighted by molar-refractivity contribution is -0.179.